The number of hydrogen-bond acceptors (Lipinski definition) is 3. The number of aryl methyl sites for hydroxylation is 1. The maximum absolute atomic E-state index is 12.3. The quantitative estimate of drug-likeness (QED) is 0.830. The molecule has 1 fully saturated rings. The monoisotopic (exact) mass is 351 g/mol. The Kier molecular flexibility index (Phi) is 5.31. The summed E-state index contributed by atoms with van der Waals surface area (Å²) in [6, 6.07) is 16.9. The van der Waals surface area contributed by atoms with E-state index < -0.39 is 11.8 Å². The molecule has 1 saturated heterocycles. The molecule has 2 aromatic carbocycles. The summed E-state index contributed by atoms with van der Waals surface area (Å²) < 4.78 is 0. The van der Waals surface area contributed by atoms with E-state index in [9.17, 15) is 14.4 Å². The largest absolute Gasteiger partial charge is 0.350 e. The summed E-state index contributed by atoms with van der Waals surface area (Å²) in [5, 5.41) is 2.79. The van der Waals surface area contributed by atoms with Gasteiger partial charge >= 0.3 is 11.8 Å². The Morgan fingerprint density at radius 1 is 0.962 bits per heavy atom. The van der Waals surface area contributed by atoms with Crippen LogP contribution in [-0.2, 0) is 20.9 Å². The van der Waals surface area contributed by atoms with Crippen LogP contribution in [0.25, 0.3) is 0 Å². The topological polar surface area (TPSA) is 69.7 Å². The van der Waals surface area contributed by atoms with Gasteiger partial charge in [-0.25, -0.2) is 0 Å². The minimum absolute atomic E-state index is 0.112. The predicted molar refractivity (Wildman–Crippen MR) is 98.4 cm³/mol. The Labute approximate surface area is 152 Å². The number of piperazine rings is 1. The first kappa shape index (κ1) is 17.7. The maximum atomic E-state index is 12.3. The van der Waals surface area contributed by atoms with Crippen LogP contribution in [0.3, 0.4) is 0 Å². The molecule has 0 atom stereocenters. The van der Waals surface area contributed by atoms with E-state index >= 15 is 0 Å². The predicted octanol–water partition coefficient (Wildman–Crippen LogP) is 1.49. The van der Waals surface area contributed by atoms with Crippen LogP contribution >= 0.6 is 0 Å². The highest BCUT2D eigenvalue weighted by Gasteiger charge is 2.34. The molecule has 6 heteroatoms. The lowest BCUT2D eigenvalue weighted by Gasteiger charge is -2.33. The molecule has 0 aromatic heterocycles. The Bertz CT molecular complexity index is 803. The average molecular weight is 351 g/mol. The van der Waals surface area contributed by atoms with E-state index in [1.54, 1.807) is 12.1 Å². The van der Waals surface area contributed by atoms with Gasteiger partial charge in [0, 0.05) is 25.3 Å². The van der Waals surface area contributed by atoms with Gasteiger partial charge in [0.05, 0.1) is 0 Å². The van der Waals surface area contributed by atoms with Gasteiger partial charge < -0.3 is 15.1 Å². The third kappa shape index (κ3) is 4.08. The third-order valence-corrected chi connectivity index (χ3v) is 4.32. The van der Waals surface area contributed by atoms with Crippen LogP contribution in [-0.4, -0.2) is 42.3 Å². The molecular weight excluding hydrogens is 330 g/mol. The lowest BCUT2D eigenvalue weighted by atomic mass is 10.1. The second-order valence-electron chi connectivity index (χ2n) is 6.28. The molecule has 0 unspecified atom stereocenters. The second kappa shape index (κ2) is 7.82. The average Bonchev–Trinajstić information content (AvgIpc) is 2.66. The van der Waals surface area contributed by atoms with E-state index in [-0.39, 0.29) is 12.5 Å². The molecule has 0 aliphatic carbocycles. The van der Waals surface area contributed by atoms with Crippen LogP contribution in [0.5, 0.6) is 0 Å². The molecule has 2 aromatic rings. The summed E-state index contributed by atoms with van der Waals surface area (Å²) in [5.41, 5.74) is 2.83. The summed E-state index contributed by atoms with van der Waals surface area (Å²) in [6.45, 7) is 2.99. The van der Waals surface area contributed by atoms with Crippen molar-refractivity contribution in [3.8, 4) is 0 Å². The molecule has 3 amide bonds. The molecule has 26 heavy (non-hydrogen) atoms. The highest BCUT2D eigenvalue weighted by molar-refractivity contribution is 6.41. The first-order valence-corrected chi connectivity index (χ1v) is 8.52. The minimum Gasteiger partial charge on any atom is -0.350 e. The summed E-state index contributed by atoms with van der Waals surface area (Å²) in [5.74, 6) is -1.53. The lowest BCUT2D eigenvalue weighted by Crippen LogP contribution is -2.56. The van der Waals surface area contributed by atoms with E-state index in [0.29, 0.717) is 25.3 Å². The number of amides is 3. The van der Waals surface area contributed by atoms with E-state index in [4.69, 9.17) is 0 Å². The van der Waals surface area contributed by atoms with Gasteiger partial charge in [0.15, 0.2) is 0 Å². The summed E-state index contributed by atoms with van der Waals surface area (Å²) in [4.78, 5) is 39.5. The van der Waals surface area contributed by atoms with Gasteiger partial charge in [-0.2, -0.15) is 0 Å². The number of benzene rings is 2. The normalized spacial score (nSPS) is 14.5. The zero-order chi connectivity index (χ0) is 18.5. The Hall–Kier alpha value is -3.15. The molecule has 0 spiro atoms. The molecule has 1 N–H and O–H groups in total. The fraction of sp³-hybridized carbons (Fsp3) is 0.250. The number of nitrogens with zero attached hydrogens (tertiary/aromatic N) is 2. The van der Waals surface area contributed by atoms with Crippen molar-refractivity contribution < 1.29 is 14.4 Å². The van der Waals surface area contributed by atoms with E-state index in [2.05, 4.69) is 5.32 Å². The summed E-state index contributed by atoms with van der Waals surface area (Å²) >= 11 is 0. The SMILES string of the molecule is Cc1ccc(CNC(=O)CN2CCN(c3ccccc3)C(=O)C2=O)cc1. The zero-order valence-electron chi connectivity index (χ0n) is 14.6. The van der Waals surface area contributed by atoms with Gasteiger partial charge in [0.25, 0.3) is 0 Å². The standard InChI is InChI=1S/C20H21N3O3/c1-15-7-9-16(10-8-15)13-21-18(24)14-22-11-12-23(20(26)19(22)25)17-5-3-2-4-6-17/h2-10H,11-14H2,1H3,(H,21,24). The van der Waals surface area contributed by atoms with Crippen LogP contribution in [0.1, 0.15) is 11.1 Å². The highest BCUT2D eigenvalue weighted by atomic mass is 16.2. The van der Waals surface area contributed by atoms with Crippen molar-refractivity contribution in [2.24, 2.45) is 0 Å². The number of para-hydroxylation sites is 1. The van der Waals surface area contributed by atoms with Crippen molar-refractivity contribution in [2.75, 3.05) is 24.5 Å². The van der Waals surface area contributed by atoms with Crippen LogP contribution < -0.4 is 10.2 Å². The van der Waals surface area contributed by atoms with E-state index in [0.717, 1.165) is 11.1 Å². The molecular formula is C20H21N3O3. The molecule has 0 bridgehead atoms. The van der Waals surface area contributed by atoms with Crippen molar-refractivity contribution in [1.29, 1.82) is 0 Å². The van der Waals surface area contributed by atoms with Crippen molar-refractivity contribution in [3.05, 3.63) is 65.7 Å². The molecule has 1 aliphatic rings. The second-order valence-corrected chi connectivity index (χ2v) is 6.28. The number of carbonyl (C=O) groups excluding carboxylic acids is 3. The van der Waals surface area contributed by atoms with Gasteiger partial charge in [-0.15, -0.1) is 0 Å². The number of hydrogen-bond donors (Lipinski definition) is 1. The molecule has 3 rings (SSSR count). The Balaban J connectivity index is 1.54. The van der Waals surface area contributed by atoms with Crippen LogP contribution in [0, 0.1) is 6.92 Å². The fourth-order valence-corrected chi connectivity index (χ4v) is 2.82. The minimum atomic E-state index is -0.648. The van der Waals surface area contributed by atoms with Gasteiger partial charge in [0.2, 0.25) is 5.91 Å². The third-order valence-electron chi connectivity index (χ3n) is 4.32. The number of anilines is 1. The number of carbonyl (C=O) groups is 3. The molecule has 1 heterocycles. The van der Waals surface area contributed by atoms with Gasteiger partial charge in [-0.1, -0.05) is 48.0 Å². The maximum Gasteiger partial charge on any atom is 0.316 e. The first-order valence-electron chi connectivity index (χ1n) is 8.52. The van der Waals surface area contributed by atoms with Gasteiger partial charge in [-0.05, 0) is 24.6 Å². The van der Waals surface area contributed by atoms with Crippen molar-refractivity contribution in [2.45, 2.75) is 13.5 Å². The van der Waals surface area contributed by atoms with Crippen molar-refractivity contribution in [3.63, 3.8) is 0 Å². The van der Waals surface area contributed by atoms with Gasteiger partial charge in [0.1, 0.15) is 6.54 Å². The van der Waals surface area contributed by atoms with Crippen molar-refractivity contribution in [1.82, 2.24) is 10.2 Å². The van der Waals surface area contributed by atoms with Crippen LogP contribution in [0.15, 0.2) is 54.6 Å². The molecule has 0 radical (unpaired) electrons. The first-order chi connectivity index (χ1) is 12.5. The molecule has 6 nitrogen and oxygen atoms in total. The zero-order valence-corrected chi connectivity index (χ0v) is 14.6. The Morgan fingerprint density at radius 3 is 2.35 bits per heavy atom. The van der Waals surface area contributed by atoms with Crippen LogP contribution in [0.4, 0.5) is 5.69 Å². The van der Waals surface area contributed by atoms with E-state index in [1.165, 1.54) is 9.80 Å². The van der Waals surface area contributed by atoms with Gasteiger partial charge in [-0.3, -0.25) is 14.4 Å². The Morgan fingerprint density at radius 2 is 1.65 bits per heavy atom. The number of nitrogens with one attached hydrogen (secondary N) is 1. The molecule has 0 saturated carbocycles. The van der Waals surface area contributed by atoms with Crippen molar-refractivity contribution >= 4 is 23.4 Å². The summed E-state index contributed by atoms with van der Waals surface area (Å²) in [7, 11) is 0. The molecule has 1 aliphatic heterocycles. The van der Waals surface area contributed by atoms with Crippen LogP contribution in [0.2, 0.25) is 0 Å². The fourth-order valence-electron chi connectivity index (χ4n) is 2.82. The smallest absolute Gasteiger partial charge is 0.316 e. The van der Waals surface area contributed by atoms with E-state index in [1.807, 2.05) is 49.4 Å². The number of rotatable bonds is 5. The highest BCUT2D eigenvalue weighted by Crippen LogP contribution is 2.17. The molecule has 134 valence electrons. The lowest BCUT2D eigenvalue weighted by molar-refractivity contribution is -0.147. The summed E-state index contributed by atoms with van der Waals surface area (Å²) in [6.07, 6.45) is 0.